The van der Waals surface area contributed by atoms with Crippen LogP contribution in [0.1, 0.15) is 18.0 Å². The van der Waals surface area contributed by atoms with Crippen LogP contribution in [-0.4, -0.2) is 10.9 Å². The van der Waals surface area contributed by atoms with Gasteiger partial charge in [0.25, 0.3) is 0 Å². The summed E-state index contributed by atoms with van der Waals surface area (Å²) < 4.78 is 0. The first kappa shape index (κ1) is 7.81. The van der Waals surface area contributed by atoms with Crippen LogP contribution in [0.2, 0.25) is 0 Å². The average molecular weight is 153 g/mol. The molecule has 0 fully saturated rings. The van der Waals surface area contributed by atoms with Crippen LogP contribution in [-0.2, 0) is 4.79 Å². The highest BCUT2D eigenvalue weighted by molar-refractivity contribution is 5.74. The van der Waals surface area contributed by atoms with Crippen molar-refractivity contribution < 1.29 is 4.79 Å². The highest BCUT2D eigenvalue weighted by Crippen LogP contribution is 2.11. The maximum absolute atomic E-state index is 10.4. The number of nitrogens with two attached hydrogens (primary N) is 2. The van der Waals surface area contributed by atoms with Gasteiger partial charge >= 0.3 is 0 Å². The number of aromatic nitrogens is 1. The van der Waals surface area contributed by atoms with E-state index in [1.165, 1.54) is 0 Å². The molecule has 0 aliphatic heterocycles. The van der Waals surface area contributed by atoms with Crippen LogP contribution >= 0.6 is 0 Å². The van der Waals surface area contributed by atoms with Gasteiger partial charge in [0.1, 0.15) is 0 Å². The minimum Gasteiger partial charge on any atom is -0.370 e. The zero-order valence-corrected chi connectivity index (χ0v) is 6.08. The van der Waals surface area contributed by atoms with Gasteiger partial charge in [-0.15, -0.1) is 0 Å². The van der Waals surface area contributed by atoms with Crippen LogP contribution in [0.15, 0.2) is 18.5 Å². The van der Waals surface area contributed by atoms with Crippen LogP contribution in [0.4, 0.5) is 0 Å². The van der Waals surface area contributed by atoms with Gasteiger partial charge in [0.2, 0.25) is 5.91 Å². The Hall–Kier alpha value is -1.29. The maximum atomic E-state index is 10.4. The normalized spacial score (nSPS) is 12.8. The molecule has 1 unspecified atom stereocenters. The molecule has 1 amide bonds. The number of aromatic amines is 1. The summed E-state index contributed by atoms with van der Waals surface area (Å²) in [5, 5.41) is 0. The molecule has 1 atom stereocenters. The molecule has 5 N–H and O–H groups in total. The van der Waals surface area contributed by atoms with Gasteiger partial charge in [-0.25, -0.2) is 0 Å². The summed E-state index contributed by atoms with van der Waals surface area (Å²) in [6, 6.07) is 1.55. The van der Waals surface area contributed by atoms with Gasteiger partial charge in [0.15, 0.2) is 0 Å². The average Bonchev–Trinajstić information content (AvgIpc) is 2.35. The van der Waals surface area contributed by atoms with E-state index in [0.29, 0.717) is 0 Å². The number of H-pyrrole nitrogens is 1. The monoisotopic (exact) mass is 153 g/mol. The van der Waals surface area contributed by atoms with Gasteiger partial charge in [0, 0.05) is 24.9 Å². The van der Waals surface area contributed by atoms with Crippen LogP contribution in [0, 0.1) is 0 Å². The molecule has 0 bridgehead atoms. The zero-order chi connectivity index (χ0) is 8.27. The third-order valence-corrected chi connectivity index (χ3v) is 1.47. The van der Waals surface area contributed by atoms with Crippen molar-refractivity contribution in [3.63, 3.8) is 0 Å². The summed E-state index contributed by atoms with van der Waals surface area (Å²) in [6.45, 7) is 0. The Morgan fingerprint density at radius 2 is 2.45 bits per heavy atom. The number of rotatable bonds is 3. The van der Waals surface area contributed by atoms with Crippen molar-refractivity contribution in [2.24, 2.45) is 11.5 Å². The number of hydrogen-bond donors (Lipinski definition) is 3. The van der Waals surface area contributed by atoms with E-state index in [0.717, 1.165) is 5.56 Å². The lowest BCUT2D eigenvalue weighted by atomic mass is 10.1. The zero-order valence-electron chi connectivity index (χ0n) is 6.08. The second-order valence-corrected chi connectivity index (χ2v) is 2.42. The summed E-state index contributed by atoms with van der Waals surface area (Å²) >= 11 is 0. The fourth-order valence-electron chi connectivity index (χ4n) is 0.902. The number of carbonyl (C=O) groups excluding carboxylic acids is 1. The van der Waals surface area contributed by atoms with E-state index in [1.54, 1.807) is 12.4 Å². The third kappa shape index (κ3) is 2.09. The minimum absolute atomic E-state index is 0.192. The predicted molar refractivity (Wildman–Crippen MR) is 41.5 cm³/mol. The van der Waals surface area contributed by atoms with Crippen molar-refractivity contribution in [2.45, 2.75) is 12.5 Å². The molecule has 11 heavy (non-hydrogen) atoms. The molecule has 4 nitrogen and oxygen atoms in total. The molecule has 0 radical (unpaired) electrons. The van der Waals surface area contributed by atoms with E-state index in [9.17, 15) is 4.79 Å². The SMILES string of the molecule is NC(=O)CC(N)c1cc[nH]c1. The second-order valence-electron chi connectivity index (χ2n) is 2.42. The number of carbonyl (C=O) groups is 1. The molecule has 60 valence electrons. The van der Waals surface area contributed by atoms with Crippen LogP contribution in [0.3, 0.4) is 0 Å². The molecule has 0 aromatic carbocycles. The lowest BCUT2D eigenvalue weighted by molar-refractivity contribution is -0.118. The quantitative estimate of drug-likeness (QED) is 0.566. The van der Waals surface area contributed by atoms with E-state index in [1.807, 2.05) is 6.07 Å². The number of amides is 1. The van der Waals surface area contributed by atoms with E-state index in [-0.39, 0.29) is 18.4 Å². The fraction of sp³-hybridized carbons (Fsp3) is 0.286. The Labute approximate surface area is 64.6 Å². The molecule has 1 aromatic heterocycles. The van der Waals surface area contributed by atoms with Gasteiger partial charge in [0.05, 0.1) is 0 Å². The van der Waals surface area contributed by atoms with Crippen molar-refractivity contribution in [3.05, 3.63) is 24.0 Å². The molecule has 0 spiro atoms. The van der Waals surface area contributed by atoms with Crippen LogP contribution < -0.4 is 11.5 Å². The summed E-state index contributed by atoms with van der Waals surface area (Å²) in [7, 11) is 0. The van der Waals surface area contributed by atoms with Crippen LogP contribution in [0.5, 0.6) is 0 Å². The summed E-state index contributed by atoms with van der Waals surface area (Å²) in [5.41, 5.74) is 11.5. The molecule has 1 rings (SSSR count). The van der Waals surface area contributed by atoms with Crippen molar-refractivity contribution >= 4 is 5.91 Å². The highest BCUT2D eigenvalue weighted by Gasteiger charge is 2.08. The predicted octanol–water partition coefficient (Wildman–Crippen LogP) is -0.110. The van der Waals surface area contributed by atoms with Gasteiger partial charge in [-0.2, -0.15) is 0 Å². The maximum Gasteiger partial charge on any atom is 0.219 e. The van der Waals surface area contributed by atoms with E-state index in [4.69, 9.17) is 11.5 Å². The van der Waals surface area contributed by atoms with Gasteiger partial charge < -0.3 is 16.5 Å². The smallest absolute Gasteiger partial charge is 0.219 e. The molecule has 4 heteroatoms. The summed E-state index contributed by atoms with van der Waals surface area (Å²) in [4.78, 5) is 13.3. The first-order valence-electron chi connectivity index (χ1n) is 3.36. The van der Waals surface area contributed by atoms with Crippen molar-refractivity contribution in [1.29, 1.82) is 0 Å². The van der Waals surface area contributed by atoms with Gasteiger partial charge in [-0.3, -0.25) is 4.79 Å². The molecule has 0 saturated heterocycles. The Bertz CT molecular complexity index is 230. The largest absolute Gasteiger partial charge is 0.370 e. The minimum atomic E-state index is -0.376. The molecule has 0 aliphatic rings. The van der Waals surface area contributed by atoms with E-state index >= 15 is 0 Å². The van der Waals surface area contributed by atoms with Crippen molar-refractivity contribution in [2.75, 3.05) is 0 Å². The Morgan fingerprint density at radius 1 is 1.73 bits per heavy atom. The highest BCUT2D eigenvalue weighted by atomic mass is 16.1. The number of nitrogens with one attached hydrogen (secondary N) is 1. The molecule has 0 saturated carbocycles. The van der Waals surface area contributed by atoms with Gasteiger partial charge in [-0.05, 0) is 11.6 Å². The Morgan fingerprint density at radius 3 is 2.91 bits per heavy atom. The third-order valence-electron chi connectivity index (χ3n) is 1.47. The first-order chi connectivity index (χ1) is 5.20. The molecule has 1 heterocycles. The van der Waals surface area contributed by atoms with E-state index in [2.05, 4.69) is 4.98 Å². The van der Waals surface area contributed by atoms with Crippen LogP contribution in [0.25, 0.3) is 0 Å². The summed E-state index contributed by atoms with van der Waals surface area (Å²) in [6.07, 6.45) is 3.71. The standard InChI is InChI=1S/C7H11N3O/c8-6(3-7(9)11)5-1-2-10-4-5/h1-2,4,6,10H,3,8H2,(H2,9,11). The second kappa shape index (κ2) is 3.21. The lowest BCUT2D eigenvalue weighted by Crippen LogP contribution is -2.20. The van der Waals surface area contributed by atoms with Crippen molar-refractivity contribution in [1.82, 2.24) is 4.98 Å². The molecule has 1 aromatic rings. The molecule has 0 aliphatic carbocycles. The topological polar surface area (TPSA) is 84.9 Å². The number of hydrogen-bond acceptors (Lipinski definition) is 2. The van der Waals surface area contributed by atoms with Gasteiger partial charge in [-0.1, -0.05) is 0 Å². The lowest BCUT2D eigenvalue weighted by Gasteiger charge is -2.05. The Balaban J connectivity index is 2.56. The summed E-state index contributed by atoms with van der Waals surface area (Å²) in [5.74, 6) is -0.376. The van der Waals surface area contributed by atoms with Crippen molar-refractivity contribution in [3.8, 4) is 0 Å². The first-order valence-corrected chi connectivity index (χ1v) is 3.36. The fourth-order valence-corrected chi connectivity index (χ4v) is 0.902. The number of primary amides is 1. The molecular formula is C7H11N3O. The van der Waals surface area contributed by atoms with E-state index < -0.39 is 0 Å². The Kier molecular flexibility index (Phi) is 2.28. The molecular weight excluding hydrogens is 142 g/mol.